The van der Waals surface area contributed by atoms with Gasteiger partial charge in [-0.25, -0.2) is 4.79 Å². The van der Waals surface area contributed by atoms with Crippen molar-refractivity contribution in [2.45, 2.75) is 13.5 Å². The van der Waals surface area contributed by atoms with E-state index in [0.29, 0.717) is 26.2 Å². The van der Waals surface area contributed by atoms with E-state index in [1.165, 1.54) is 4.90 Å². The lowest BCUT2D eigenvalue weighted by molar-refractivity contribution is -0.134. The number of nitrogens with one attached hydrogen (secondary N) is 1. The maximum Gasteiger partial charge on any atom is 0.318 e. The molecule has 24 heavy (non-hydrogen) atoms. The molecule has 1 N–H and O–H groups in total. The number of hydrogen-bond donors (Lipinski definition) is 1. The molecule has 130 valence electrons. The smallest absolute Gasteiger partial charge is 0.318 e. The molecule has 0 aromatic heterocycles. The van der Waals surface area contributed by atoms with E-state index < -0.39 is 0 Å². The van der Waals surface area contributed by atoms with Crippen LogP contribution in [0.25, 0.3) is 0 Å². The molecule has 1 heterocycles. The Morgan fingerprint density at radius 3 is 2.54 bits per heavy atom. The summed E-state index contributed by atoms with van der Waals surface area (Å²) in [6.45, 7) is 4.05. The predicted octanol–water partition coefficient (Wildman–Crippen LogP) is 0.519. The number of carbonyl (C=O) groups excluding carboxylic acids is 3. The molecule has 1 aromatic rings. The lowest BCUT2D eigenvalue weighted by atomic mass is 10.2. The van der Waals surface area contributed by atoms with E-state index in [9.17, 15) is 14.4 Å². The number of hydrogen-bond acceptors (Lipinski definition) is 3. The van der Waals surface area contributed by atoms with Crippen molar-refractivity contribution in [3.8, 4) is 0 Å². The van der Waals surface area contributed by atoms with Crippen LogP contribution in [-0.4, -0.2) is 72.3 Å². The van der Waals surface area contributed by atoms with Gasteiger partial charge in [0, 0.05) is 33.2 Å². The van der Waals surface area contributed by atoms with E-state index in [4.69, 9.17) is 0 Å². The van der Waals surface area contributed by atoms with Crippen molar-refractivity contribution in [1.82, 2.24) is 20.0 Å². The molecule has 0 bridgehead atoms. The zero-order valence-electron chi connectivity index (χ0n) is 14.2. The second-order valence-electron chi connectivity index (χ2n) is 5.79. The summed E-state index contributed by atoms with van der Waals surface area (Å²) in [6.07, 6.45) is 0. The minimum absolute atomic E-state index is 0.0632. The van der Waals surface area contributed by atoms with Crippen LogP contribution >= 0.6 is 0 Å². The van der Waals surface area contributed by atoms with Crippen LogP contribution in [0, 0.1) is 0 Å². The topological polar surface area (TPSA) is 73.0 Å². The maximum absolute atomic E-state index is 12.1. The molecular formula is C17H24N4O3. The van der Waals surface area contributed by atoms with Crippen LogP contribution in [0.5, 0.6) is 0 Å². The summed E-state index contributed by atoms with van der Waals surface area (Å²) >= 11 is 0. The van der Waals surface area contributed by atoms with E-state index in [1.54, 1.807) is 16.8 Å². The molecule has 1 fully saturated rings. The highest BCUT2D eigenvalue weighted by atomic mass is 16.2. The summed E-state index contributed by atoms with van der Waals surface area (Å²) in [7, 11) is 1.70. The van der Waals surface area contributed by atoms with E-state index in [2.05, 4.69) is 5.32 Å². The third kappa shape index (κ3) is 4.71. The van der Waals surface area contributed by atoms with Crippen LogP contribution in [0.3, 0.4) is 0 Å². The van der Waals surface area contributed by atoms with Crippen LogP contribution < -0.4 is 5.32 Å². The second kappa shape index (κ2) is 8.33. The first kappa shape index (κ1) is 17.8. The second-order valence-corrected chi connectivity index (χ2v) is 5.79. The number of amides is 4. The molecule has 2 rings (SSSR count). The summed E-state index contributed by atoms with van der Waals surface area (Å²) in [6, 6.07) is 9.28. The minimum Gasteiger partial charge on any atom is -0.340 e. The van der Waals surface area contributed by atoms with Crippen LogP contribution in [0.4, 0.5) is 4.79 Å². The first-order chi connectivity index (χ1) is 11.5. The van der Waals surface area contributed by atoms with Gasteiger partial charge in [-0.2, -0.15) is 0 Å². The Kier molecular flexibility index (Phi) is 6.17. The third-order valence-electron chi connectivity index (χ3n) is 4.07. The van der Waals surface area contributed by atoms with Gasteiger partial charge in [-0.1, -0.05) is 30.3 Å². The fourth-order valence-corrected chi connectivity index (χ4v) is 2.56. The molecule has 0 unspecified atom stereocenters. The Bertz CT molecular complexity index is 591. The van der Waals surface area contributed by atoms with Gasteiger partial charge in [0.05, 0.1) is 6.54 Å². The zero-order chi connectivity index (χ0) is 17.5. The van der Waals surface area contributed by atoms with Gasteiger partial charge in [0.2, 0.25) is 11.8 Å². The number of benzene rings is 1. The molecule has 0 atom stereocenters. The van der Waals surface area contributed by atoms with Gasteiger partial charge in [0.25, 0.3) is 0 Å². The van der Waals surface area contributed by atoms with Crippen LogP contribution in [0.1, 0.15) is 12.5 Å². The number of piperazine rings is 1. The molecule has 1 aliphatic heterocycles. The van der Waals surface area contributed by atoms with Crippen molar-refractivity contribution >= 4 is 17.8 Å². The van der Waals surface area contributed by atoms with Crippen molar-refractivity contribution in [1.29, 1.82) is 0 Å². The Morgan fingerprint density at radius 2 is 1.92 bits per heavy atom. The fourth-order valence-electron chi connectivity index (χ4n) is 2.56. The normalized spacial score (nSPS) is 14.5. The van der Waals surface area contributed by atoms with E-state index in [-0.39, 0.29) is 30.9 Å². The van der Waals surface area contributed by atoms with Crippen LogP contribution in [0.15, 0.2) is 30.3 Å². The average Bonchev–Trinajstić information content (AvgIpc) is 2.60. The van der Waals surface area contributed by atoms with Gasteiger partial charge in [-0.15, -0.1) is 0 Å². The van der Waals surface area contributed by atoms with Crippen molar-refractivity contribution in [2.75, 3.05) is 39.8 Å². The zero-order valence-corrected chi connectivity index (χ0v) is 14.2. The van der Waals surface area contributed by atoms with Gasteiger partial charge in [0.15, 0.2) is 0 Å². The molecule has 0 spiro atoms. The lowest BCUT2D eigenvalue weighted by Gasteiger charge is -2.33. The molecule has 7 heteroatoms. The highest BCUT2D eigenvalue weighted by Crippen LogP contribution is 2.04. The highest BCUT2D eigenvalue weighted by molar-refractivity contribution is 5.87. The standard InChI is InChI=1S/C17H24N4O3/c1-3-20-9-10-21(13-16(20)23)17(24)18-11-15(22)19(2)12-14-7-5-4-6-8-14/h4-8H,3,9-13H2,1-2H3,(H,18,24). The van der Waals surface area contributed by atoms with E-state index >= 15 is 0 Å². The molecule has 1 aliphatic rings. The van der Waals surface area contributed by atoms with Crippen molar-refractivity contribution in [2.24, 2.45) is 0 Å². The Balaban J connectivity index is 1.77. The number of carbonyl (C=O) groups is 3. The Morgan fingerprint density at radius 1 is 1.21 bits per heavy atom. The highest BCUT2D eigenvalue weighted by Gasteiger charge is 2.26. The molecule has 0 aliphatic carbocycles. The summed E-state index contributed by atoms with van der Waals surface area (Å²) < 4.78 is 0. The summed E-state index contributed by atoms with van der Waals surface area (Å²) in [5.41, 5.74) is 1.03. The number of likely N-dealkylation sites (N-methyl/N-ethyl adjacent to an activating group) is 2. The SMILES string of the molecule is CCN1CCN(C(=O)NCC(=O)N(C)Cc2ccccc2)CC1=O. The molecule has 1 aromatic carbocycles. The minimum atomic E-state index is -0.374. The number of rotatable bonds is 5. The largest absolute Gasteiger partial charge is 0.340 e. The number of urea groups is 1. The van der Waals surface area contributed by atoms with E-state index in [1.807, 2.05) is 37.3 Å². The molecular weight excluding hydrogens is 308 g/mol. The third-order valence-corrected chi connectivity index (χ3v) is 4.07. The van der Waals surface area contributed by atoms with Gasteiger partial charge >= 0.3 is 6.03 Å². The van der Waals surface area contributed by atoms with Gasteiger partial charge in [-0.3, -0.25) is 9.59 Å². The van der Waals surface area contributed by atoms with Crippen molar-refractivity contribution in [3.63, 3.8) is 0 Å². The van der Waals surface area contributed by atoms with Gasteiger partial charge in [0.1, 0.15) is 6.54 Å². The van der Waals surface area contributed by atoms with Crippen LogP contribution in [-0.2, 0) is 16.1 Å². The van der Waals surface area contributed by atoms with Gasteiger partial charge in [-0.05, 0) is 12.5 Å². The van der Waals surface area contributed by atoms with E-state index in [0.717, 1.165) is 5.56 Å². The monoisotopic (exact) mass is 332 g/mol. The van der Waals surface area contributed by atoms with Crippen molar-refractivity contribution in [3.05, 3.63) is 35.9 Å². The predicted molar refractivity (Wildman–Crippen MR) is 90.1 cm³/mol. The van der Waals surface area contributed by atoms with Crippen molar-refractivity contribution < 1.29 is 14.4 Å². The quantitative estimate of drug-likeness (QED) is 0.854. The molecule has 7 nitrogen and oxygen atoms in total. The molecule has 4 amide bonds. The summed E-state index contributed by atoms with van der Waals surface area (Å²) in [4.78, 5) is 40.8. The molecule has 0 radical (unpaired) electrons. The Hall–Kier alpha value is -2.57. The Labute approximate surface area is 142 Å². The fraction of sp³-hybridized carbons (Fsp3) is 0.471. The molecule has 1 saturated heterocycles. The lowest BCUT2D eigenvalue weighted by Crippen LogP contribution is -2.55. The van der Waals surface area contributed by atoms with Crippen LogP contribution in [0.2, 0.25) is 0 Å². The van der Waals surface area contributed by atoms with Gasteiger partial charge < -0.3 is 20.0 Å². The maximum atomic E-state index is 12.1. The first-order valence-corrected chi connectivity index (χ1v) is 8.09. The summed E-state index contributed by atoms with van der Waals surface area (Å²) in [5.74, 6) is -0.239. The molecule has 0 saturated carbocycles. The number of nitrogens with zero attached hydrogens (tertiary/aromatic N) is 3. The first-order valence-electron chi connectivity index (χ1n) is 8.09. The average molecular weight is 332 g/mol. The summed E-state index contributed by atoms with van der Waals surface area (Å²) in [5, 5.41) is 2.60.